The van der Waals surface area contributed by atoms with E-state index < -0.39 is 28.5 Å². The van der Waals surface area contributed by atoms with Crippen LogP contribution in [0.25, 0.3) is 0 Å². The van der Waals surface area contributed by atoms with E-state index in [0.717, 1.165) is 22.7 Å². The SMILES string of the molecule is CCCCNC(=O)[C@@H](C)N(Cc1cccc(OC)c1)C(=O)CN(c1cc(Cl)ccc1OC)S(=O)(=O)c1ccc(C)cc1. The molecule has 9 nitrogen and oxygen atoms in total. The van der Waals surface area contributed by atoms with Crippen LogP contribution in [0.2, 0.25) is 5.02 Å². The van der Waals surface area contributed by atoms with E-state index in [1.165, 1.54) is 43.4 Å². The zero-order chi connectivity index (χ0) is 30.9. The number of amides is 2. The van der Waals surface area contributed by atoms with E-state index >= 15 is 0 Å². The van der Waals surface area contributed by atoms with Crippen LogP contribution in [0, 0.1) is 6.92 Å². The van der Waals surface area contributed by atoms with E-state index in [1.807, 2.05) is 19.9 Å². The lowest BCUT2D eigenvalue weighted by Crippen LogP contribution is -2.51. The maximum atomic E-state index is 14.1. The second kappa shape index (κ2) is 14.9. The number of aryl methyl sites for hydroxylation is 1. The standard InChI is InChI=1S/C31H38ClN3O6S/c1-6-7-17-33-31(37)23(3)34(20-24-9-8-10-26(18-24)40-4)30(36)21-35(28-19-25(32)13-16-29(28)41-5)42(38,39)27-14-11-22(2)12-15-27/h8-16,18-19,23H,6-7,17,20-21H2,1-5H3,(H,33,37)/t23-/m1/s1. The highest BCUT2D eigenvalue weighted by molar-refractivity contribution is 7.92. The van der Waals surface area contributed by atoms with E-state index in [1.54, 1.807) is 43.3 Å². The molecule has 0 aromatic heterocycles. The molecule has 0 fully saturated rings. The maximum absolute atomic E-state index is 14.1. The summed E-state index contributed by atoms with van der Waals surface area (Å²) in [5, 5.41) is 3.14. The molecule has 0 saturated heterocycles. The van der Waals surface area contributed by atoms with Gasteiger partial charge in [0.25, 0.3) is 10.0 Å². The van der Waals surface area contributed by atoms with Crippen LogP contribution in [0.3, 0.4) is 0 Å². The smallest absolute Gasteiger partial charge is 0.264 e. The highest BCUT2D eigenvalue weighted by Crippen LogP contribution is 2.35. The molecule has 11 heteroatoms. The fourth-order valence-corrected chi connectivity index (χ4v) is 5.88. The number of benzene rings is 3. The average molecular weight is 616 g/mol. The van der Waals surface area contributed by atoms with Gasteiger partial charge in [-0.05, 0) is 68.3 Å². The number of anilines is 1. The summed E-state index contributed by atoms with van der Waals surface area (Å²) in [5.41, 5.74) is 1.69. The number of ether oxygens (including phenoxy) is 2. The normalized spacial score (nSPS) is 11.9. The number of nitrogens with one attached hydrogen (secondary N) is 1. The number of rotatable bonds is 14. The number of unbranched alkanes of at least 4 members (excludes halogenated alkanes) is 1. The molecule has 0 radical (unpaired) electrons. The van der Waals surface area contributed by atoms with Crippen molar-refractivity contribution in [2.24, 2.45) is 0 Å². The summed E-state index contributed by atoms with van der Waals surface area (Å²) in [6.07, 6.45) is 1.69. The van der Waals surface area contributed by atoms with Crippen LogP contribution in [0.5, 0.6) is 11.5 Å². The minimum atomic E-state index is -4.27. The predicted molar refractivity (Wildman–Crippen MR) is 165 cm³/mol. The Kier molecular flexibility index (Phi) is 11.6. The molecule has 42 heavy (non-hydrogen) atoms. The Labute approximate surface area is 253 Å². The van der Waals surface area contributed by atoms with Gasteiger partial charge in [-0.2, -0.15) is 0 Å². The van der Waals surface area contributed by atoms with Gasteiger partial charge in [0, 0.05) is 18.1 Å². The molecule has 0 unspecified atom stereocenters. The van der Waals surface area contributed by atoms with Crippen molar-refractivity contribution < 1.29 is 27.5 Å². The summed E-state index contributed by atoms with van der Waals surface area (Å²) < 4.78 is 39.9. The van der Waals surface area contributed by atoms with Crippen LogP contribution >= 0.6 is 11.6 Å². The first kappa shape index (κ1) is 32.8. The predicted octanol–water partition coefficient (Wildman–Crippen LogP) is 5.19. The first-order valence-corrected chi connectivity index (χ1v) is 15.5. The molecule has 0 heterocycles. The van der Waals surface area contributed by atoms with Crippen molar-refractivity contribution in [2.75, 3.05) is 31.6 Å². The first-order valence-electron chi connectivity index (χ1n) is 13.6. The molecule has 0 saturated carbocycles. The van der Waals surface area contributed by atoms with Crippen molar-refractivity contribution in [1.29, 1.82) is 0 Å². The van der Waals surface area contributed by atoms with Crippen molar-refractivity contribution >= 4 is 39.1 Å². The average Bonchev–Trinajstić information content (AvgIpc) is 2.98. The molecule has 0 bridgehead atoms. The Bertz CT molecular complexity index is 1480. The molecule has 1 N–H and O–H groups in total. The van der Waals surface area contributed by atoms with Crippen LogP contribution in [0.1, 0.15) is 37.8 Å². The molecule has 1 atom stereocenters. The van der Waals surface area contributed by atoms with Gasteiger partial charge >= 0.3 is 0 Å². The van der Waals surface area contributed by atoms with Crippen molar-refractivity contribution in [1.82, 2.24) is 10.2 Å². The van der Waals surface area contributed by atoms with E-state index in [0.29, 0.717) is 17.9 Å². The van der Waals surface area contributed by atoms with Crippen molar-refractivity contribution in [2.45, 2.75) is 51.1 Å². The third-order valence-corrected chi connectivity index (χ3v) is 8.79. The summed E-state index contributed by atoms with van der Waals surface area (Å²) in [6.45, 7) is 5.39. The summed E-state index contributed by atoms with van der Waals surface area (Å²) in [6, 6.07) is 17.1. The second-order valence-corrected chi connectivity index (χ2v) is 12.1. The van der Waals surface area contributed by atoms with Crippen LogP contribution in [-0.2, 0) is 26.2 Å². The van der Waals surface area contributed by atoms with E-state index in [9.17, 15) is 18.0 Å². The van der Waals surface area contributed by atoms with Crippen LogP contribution in [0.4, 0.5) is 5.69 Å². The van der Waals surface area contributed by atoms with Gasteiger partial charge in [0.2, 0.25) is 11.8 Å². The Balaban J connectivity index is 2.08. The third kappa shape index (κ3) is 8.17. The Morgan fingerprint density at radius 3 is 2.36 bits per heavy atom. The fourth-order valence-electron chi connectivity index (χ4n) is 4.30. The molecule has 0 aliphatic heterocycles. The first-order chi connectivity index (χ1) is 20.0. The minimum absolute atomic E-state index is 0.00682. The molecule has 0 aliphatic carbocycles. The number of carbonyl (C=O) groups is 2. The number of carbonyl (C=O) groups excluding carboxylic acids is 2. The Hall–Kier alpha value is -3.76. The Morgan fingerprint density at radius 2 is 1.71 bits per heavy atom. The van der Waals surface area contributed by atoms with E-state index in [4.69, 9.17) is 21.1 Å². The quantitative estimate of drug-likeness (QED) is 0.250. The molecule has 226 valence electrons. The zero-order valence-corrected chi connectivity index (χ0v) is 26.2. The van der Waals surface area contributed by atoms with Gasteiger partial charge in [-0.25, -0.2) is 8.42 Å². The maximum Gasteiger partial charge on any atom is 0.264 e. The molecule has 3 aromatic carbocycles. The largest absolute Gasteiger partial charge is 0.497 e. The lowest BCUT2D eigenvalue weighted by molar-refractivity contribution is -0.139. The number of hydrogen-bond acceptors (Lipinski definition) is 6. The summed E-state index contributed by atoms with van der Waals surface area (Å²) in [4.78, 5) is 28.6. The molecular weight excluding hydrogens is 578 g/mol. The van der Waals surface area contributed by atoms with Crippen molar-refractivity contribution in [3.05, 3.63) is 82.9 Å². The molecule has 0 aliphatic rings. The van der Waals surface area contributed by atoms with Crippen molar-refractivity contribution in [3.63, 3.8) is 0 Å². The van der Waals surface area contributed by atoms with Gasteiger partial charge in [-0.3, -0.25) is 13.9 Å². The van der Waals surface area contributed by atoms with Gasteiger partial charge in [-0.1, -0.05) is 54.8 Å². The summed E-state index contributed by atoms with van der Waals surface area (Å²) in [7, 11) is -1.32. The molecule has 2 amide bonds. The van der Waals surface area contributed by atoms with Crippen LogP contribution < -0.4 is 19.1 Å². The van der Waals surface area contributed by atoms with Gasteiger partial charge in [-0.15, -0.1) is 0 Å². The molecule has 3 aromatic rings. The summed E-state index contributed by atoms with van der Waals surface area (Å²) in [5.74, 6) is -0.124. The van der Waals surface area contributed by atoms with Crippen LogP contribution in [-0.4, -0.2) is 58.5 Å². The van der Waals surface area contributed by atoms with Gasteiger partial charge < -0.3 is 19.7 Å². The van der Waals surface area contributed by atoms with Gasteiger partial charge in [0.1, 0.15) is 24.1 Å². The highest BCUT2D eigenvalue weighted by Gasteiger charge is 2.34. The molecule has 3 rings (SSSR count). The van der Waals surface area contributed by atoms with Crippen LogP contribution in [0.15, 0.2) is 71.6 Å². The Morgan fingerprint density at radius 1 is 1.00 bits per heavy atom. The number of hydrogen-bond donors (Lipinski definition) is 1. The summed E-state index contributed by atoms with van der Waals surface area (Å²) >= 11 is 6.28. The third-order valence-electron chi connectivity index (χ3n) is 6.78. The number of methoxy groups -OCH3 is 2. The van der Waals surface area contributed by atoms with Gasteiger partial charge in [0.05, 0.1) is 24.8 Å². The van der Waals surface area contributed by atoms with E-state index in [-0.39, 0.29) is 33.8 Å². The zero-order valence-electron chi connectivity index (χ0n) is 24.6. The topological polar surface area (TPSA) is 105 Å². The fraction of sp³-hybridized carbons (Fsp3) is 0.355. The van der Waals surface area contributed by atoms with Gasteiger partial charge in [0.15, 0.2) is 0 Å². The second-order valence-electron chi connectivity index (χ2n) is 9.83. The lowest BCUT2D eigenvalue weighted by atomic mass is 10.1. The number of sulfonamides is 1. The molecular formula is C31H38ClN3O6S. The molecule has 0 spiro atoms. The number of nitrogens with zero attached hydrogens (tertiary/aromatic N) is 2. The van der Waals surface area contributed by atoms with E-state index in [2.05, 4.69) is 5.32 Å². The lowest BCUT2D eigenvalue weighted by Gasteiger charge is -2.32. The minimum Gasteiger partial charge on any atom is -0.497 e. The highest BCUT2D eigenvalue weighted by atomic mass is 35.5. The monoisotopic (exact) mass is 615 g/mol. The van der Waals surface area contributed by atoms with Crippen molar-refractivity contribution in [3.8, 4) is 11.5 Å². The number of halogens is 1.